The topological polar surface area (TPSA) is 45.9 Å². The Hall–Kier alpha value is -2.90. The molecule has 0 radical (unpaired) electrons. The summed E-state index contributed by atoms with van der Waals surface area (Å²) in [5.41, 5.74) is 4.64. The van der Waals surface area contributed by atoms with Crippen molar-refractivity contribution < 1.29 is 4.74 Å². The minimum atomic E-state index is 0.573. The molecule has 1 heterocycles. The van der Waals surface area contributed by atoms with Crippen LogP contribution >= 0.6 is 11.3 Å². The molecule has 3 rings (SSSR count). The van der Waals surface area contributed by atoms with E-state index in [1.165, 1.54) is 16.9 Å². The Morgan fingerprint density at radius 1 is 1.12 bits per heavy atom. The average molecular weight is 332 g/mol. The van der Waals surface area contributed by atoms with Crippen LogP contribution in [-0.2, 0) is 0 Å². The molecule has 0 unspecified atom stereocenters. The highest BCUT2D eigenvalue weighted by molar-refractivity contribution is 7.11. The second-order valence-electron chi connectivity index (χ2n) is 5.35. The van der Waals surface area contributed by atoms with Crippen LogP contribution in [0, 0.1) is 18.3 Å². The fourth-order valence-corrected chi connectivity index (χ4v) is 3.06. The lowest BCUT2D eigenvalue weighted by Crippen LogP contribution is -1.84. The third kappa shape index (κ3) is 3.53. The van der Waals surface area contributed by atoms with Crippen molar-refractivity contribution in [2.45, 2.75) is 6.92 Å². The first-order chi connectivity index (χ1) is 11.7. The maximum atomic E-state index is 9.48. The molecule has 24 heavy (non-hydrogen) atoms. The lowest BCUT2D eigenvalue weighted by atomic mass is 10.1. The summed E-state index contributed by atoms with van der Waals surface area (Å²) in [6.45, 7) is 2.04. The van der Waals surface area contributed by atoms with E-state index in [2.05, 4.69) is 11.1 Å². The number of hydrogen-bond donors (Lipinski definition) is 0. The quantitative estimate of drug-likeness (QED) is 0.618. The highest BCUT2D eigenvalue weighted by Crippen LogP contribution is 2.28. The van der Waals surface area contributed by atoms with Gasteiger partial charge in [0.2, 0.25) is 0 Å². The largest absolute Gasteiger partial charge is 0.497 e. The molecular formula is C20H16N2OS. The Morgan fingerprint density at radius 3 is 2.46 bits per heavy atom. The number of methoxy groups -OCH3 is 1. The van der Waals surface area contributed by atoms with Crippen molar-refractivity contribution >= 4 is 23.0 Å². The number of thiazole rings is 1. The number of nitrogens with zero attached hydrogens (tertiary/aromatic N) is 2. The van der Waals surface area contributed by atoms with E-state index in [0.717, 1.165) is 27.6 Å². The summed E-state index contributed by atoms with van der Waals surface area (Å²) < 4.78 is 5.17. The summed E-state index contributed by atoms with van der Waals surface area (Å²) >= 11 is 1.48. The second kappa shape index (κ2) is 7.12. The van der Waals surface area contributed by atoms with Gasteiger partial charge in [0.25, 0.3) is 0 Å². The minimum Gasteiger partial charge on any atom is -0.497 e. The molecule has 1 aromatic heterocycles. The van der Waals surface area contributed by atoms with Gasteiger partial charge < -0.3 is 4.74 Å². The Morgan fingerprint density at radius 2 is 1.83 bits per heavy atom. The molecular weight excluding hydrogens is 316 g/mol. The van der Waals surface area contributed by atoms with Crippen LogP contribution in [-0.4, -0.2) is 12.1 Å². The van der Waals surface area contributed by atoms with E-state index in [0.29, 0.717) is 5.57 Å². The number of ether oxygens (including phenoxy) is 1. The minimum absolute atomic E-state index is 0.573. The summed E-state index contributed by atoms with van der Waals surface area (Å²) in [7, 11) is 1.64. The van der Waals surface area contributed by atoms with E-state index in [1.54, 1.807) is 7.11 Å². The average Bonchev–Trinajstić information content (AvgIpc) is 3.11. The van der Waals surface area contributed by atoms with Gasteiger partial charge in [-0.25, -0.2) is 4.98 Å². The molecule has 0 aliphatic carbocycles. The summed E-state index contributed by atoms with van der Waals surface area (Å²) in [6, 6.07) is 18.1. The maximum absolute atomic E-state index is 9.48. The van der Waals surface area contributed by atoms with Gasteiger partial charge in [-0.1, -0.05) is 29.8 Å². The van der Waals surface area contributed by atoms with Gasteiger partial charge in [0.15, 0.2) is 0 Å². The standard InChI is InChI=1S/C20H16N2OS/c1-14-3-5-15(6-4-14)11-17(12-21)20-22-19(13-24-20)16-7-9-18(23-2)10-8-16/h3-11,13H,1-2H3. The zero-order valence-corrected chi connectivity index (χ0v) is 14.3. The highest BCUT2D eigenvalue weighted by Gasteiger charge is 2.09. The van der Waals surface area contributed by atoms with Gasteiger partial charge in [0, 0.05) is 10.9 Å². The number of aryl methyl sites for hydroxylation is 1. The van der Waals surface area contributed by atoms with Crippen LogP contribution in [0.1, 0.15) is 16.1 Å². The van der Waals surface area contributed by atoms with Crippen molar-refractivity contribution in [3.8, 4) is 23.1 Å². The van der Waals surface area contributed by atoms with Crippen molar-refractivity contribution in [2.75, 3.05) is 7.11 Å². The van der Waals surface area contributed by atoms with Crippen LogP contribution in [0.5, 0.6) is 5.75 Å². The first kappa shape index (κ1) is 16.0. The van der Waals surface area contributed by atoms with E-state index in [9.17, 15) is 5.26 Å². The first-order valence-corrected chi connectivity index (χ1v) is 8.36. The summed E-state index contributed by atoms with van der Waals surface area (Å²) in [5, 5.41) is 12.2. The predicted octanol–water partition coefficient (Wildman–Crippen LogP) is 5.19. The Labute approximate surface area is 145 Å². The monoisotopic (exact) mass is 332 g/mol. The summed E-state index contributed by atoms with van der Waals surface area (Å²) in [6.07, 6.45) is 1.87. The van der Waals surface area contributed by atoms with Crippen molar-refractivity contribution in [3.63, 3.8) is 0 Å². The Kier molecular flexibility index (Phi) is 4.74. The van der Waals surface area contributed by atoms with Gasteiger partial charge in [-0.3, -0.25) is 0 Å². The lowest BCUT2D eigenvalue weighted by Gasteiger charge is -2.00. The molecule has 0 spiro atoms. The molecule has 4 heteroatoms. The number of aromatic nitrogens is 1. The fourth-order valence-electron chi connectivity index (χ4n) is 2.26. The third-order valence-corrected chi connectivity index (χ3v) is 4.50. The van der Waals surface area contributed by atoms with Crippen LogP contribution in [0.25, 0.3) is 22.9 Å². The Bertz CT molecular complexity index is 900. The van der Waals surface area contributed by atoms with E-state index in [1.807, 2.05) is 66.9 Å². The molecule has 0 amide bonds. The van der Waals surface area contributed by atoms with Gasteiger partial charge in [0.05, 0.1) is 18.4 Å². The molecule has 118 valence electrons. The molecule has 0 bridgehead atoms. The predicted molar refractivity (Wildman–Crippen MR) is 98.8 cm³/mol. The van der Waals surface area contributed by atoms with Crippen molar-refractivity contribution in [2.24, 2.45) is 0 Å². The summed E-state index contributed by atoms with van der Waals surface area (Å²) in [5.74, 6) is 0.811. The molecule has 0 aliphatic rings. The van der Waals surface area contributed by atoms with E-state index >= 15 is 0 Å². The van der Waals surface area contributed by atoms with Gasteiger partial charge in [-0.15, -0.1) is 11.3 Å². The molecule has 0 aliphatic heterocycles. The van der Waals surface area contributed by atoms with E-state index in [-0.39, 0.29) is 0 Å². The SMILES string of the molecule is COc1ccc(-c2csc(C(C#N)=Cc3ccc(C)cc3)n2)cc1. The smallest absolute Gasteiger partial charge is 0.134 e. The van der Waals surface area contributed by atoms with Gasteiger partial charge in [-0.05, 0) is 42.8 Å². The van der Waals surface area contributed by atoms with Crippen LogP contribution in [0.3, 0.4) is 0 Å². The van der Waals surface area contributed by atoms with E-state index < -0.39 is 0 Å². The molecule has 3 nitrogen and oxygen atoms in total. The molecule has 0 fully saturated rings. The Balaban J connectivity index is 1.90. The number of rotatable bonds is 4. The first-order valence-electron chi connectivity index (χ1n) is 7.48. The van der Waals surface area contributed by atoms with Crippen molar-refractivity contribution in [1.82, 2.24) is 4.98 Å². The fraction of sp³-hybridized carbons (Fsp3) is 0.100. The van der Waals surface area contributed by atoms with Gasteiger partial charge >= 0.3 is 0 Å². The number of hydrogen-bond acceptors (Lipinski definition) is 4. The summed E-state index contributed by atoms with van der Waals surface area (Å²) in [4.78, 5) is 4.61. The lowest BCUT2D eigenvalue weighted by molar-refractivity contribution is 0.415. The van der Waals surface area contributed by atoms with E-state index in [4.69, 9.17) is 4.74 Å². The molecule has 0 atom stereocenters. The van der Waals surface area contributed by atoms with Crippen molar-refractivity contribution in [1.29, 1.82) is 5.26 Å². The zero-order valence-electron chi connectivity index (χ0n) is 13.5. The third-order valence-electron chi connectivity index (χ3n) is 3.63. The normalized spacial score (nSPS) is 11.1. The number of allylic oxidation sites excluding steroid dienone is 1. The van der Waals surface area contributed by atoms with Crippen LogP contribution in [0.2, 0.25) is 0 Å². The highest BCUT2D eigenvalue weighted by atomic mass is 32.1. The van der Waals surface area contributed by atoms with Crippen LogP contribution < -0.4 is 4.74 Å². The number of benzene rings is 2. The molecule has 0 saturated heterocycles. The zero-order chi connectivity index (χ0) is 16.9. The van der Waals surface area contributed by atoms with Gasteiger partial charge in [0.1, 0.15) is 16.8 Å². The van der Waals surface area contributed by atoms with Crippen molar-refractivity contribution in [3.05, 3.63) is 70.0 Å². The molecule has 0 N–H and O–H groups in total. The van der Waals surface area contributed by atoms with Crippen LogP contribution in [0.15, 0.2) is 53.9 Å². The molecule has 0 saturated carbocycles. The maximum Gasteiger partial charge on any atom is 0.134 e. The van der Waals surface area contributed by atoms with Crippen LogP contribution in [0.4, 0.5) is 0 Å². The second-order valence-corrected chi connectivity index (χ2v) is 6.21. The van der Waals surface area contributed by atoms with Gasteiger partial charge in [-0.2, -0.15) is 5.26 Å². The molecule has 3 aromatic rings. The number of nitriles is 1. The molecule has 2 aromatic carbocycles.